The number of rotatable bonds is 7. The molecular weight excluding hydrogens is 348 g/mol. The van der Waals surface area contributed by atoms with E-state index in [1.165, 1.54) is 0 Å². The number of halogens is 1. The maximum absolute atomic E-state index is 5.98. The molecule has 1 aromatic carbocycles. The van der Waals surface area contributed by atoms with Gasteiger partial charge in [-0.05, 0) is 37.7 Å². The smallest absolute Gasteiger partial charge is 0.170 e. The Labute approximate surface area is 152 Å². The van der Waals surface area contributed by atoms with Gasteiger partial charge in [0.05, 0.1) is 24.9 Å². The molecule has 2 N–H and O–H groups in total. The van der Waals surface area contributed by atoms with Gasteiger partial charge in [-0.15, -0.1) is 0 Å². The van der Waals surface area contributed by atoms with Crippen molar-refractivity contribution in [1.29, 1.82) is 0 Å². The summed E-state index contributed by atoms with van der Waals surface area (Å²) in [7, 11) is 3.20. The predicted octanol–water partition coefficient (Wildman–Crippen LogP) is 3.24. The number of nitrogens with one attached hydrogen (secondary N) is 2. The van der Waals surface area contributed by atoms with Crippen molar-refractivity contribution in [2.45, 2.75) is 19.9 Å². The Balaban J connectivity index is 1.77. The fraction of sp³-hybridized carbons (Fsp3) is 0.375. The van der Waals surface area contributed by atoms with Gasteiger partial charge in [0.2, 0.25) is 0 Å². The largest absolute Gasteiger partial charge is 0.493 e. The lowest BCUT2D eigenvalue weighted by molar-refractivity contribution is 0.355. The maximum atomic E-state index is 5.98. The molecule has 0 spiro atoms. The summed E-state index contributed by atoms with van der Waals surface area (Å²) in [5.74, 6) is 1.33. The number of thiocarbonyl (C=S) groups is 1. The molecule has 1 heterocycles. The monoisotopic (exact) mass is 368 g/mol. The number of anilines is 1. The summed E-state index contributed by atoms with van der Waals surface area (Å²) in [4.78, 5) is 0. The van der Waals surface area contributed by atoms with Crippen LogP contribution in [0.1, 0.15) is 12.1 Å². The lowest BCUT2D eigenvalue weighted by Gasteiger charge is -2.13. The summed E-state index contributed by atoms with van der Waals surface area (Å²) in [6, 6.07) is 5.54. The minimum Gasteiger partial charge on any atom is -0.493 e. The van der Waals surface area contributed by atoms with Crippen molar-refractivity contribution in [2.24, 2.45) is 0 Å². The third-order valence-electron chi connectivity index (χ3n) is 3.38. The van der Waals surface area contributed by atoms with E-state index in [1.807, 2.05) is 36.0 Å². The van der Waals surface area contributed by atoms with Gasteiger partial charge in [-0.1, -0.05) is 11.6 Å². The van der Waals surface area contributed by atoms with Crippen LogP contribution < -0.4 is 20.1 Å². The summed E-state index contributed by atoms with van der Waals surface area (Å²) in [5.41, 5.74) is 1.68. The molecule has 2 rings (SSSR count). The van der Waals surface area contributed by atoms with E-state index in [0.717, 1.165) is 30.9 Å². The number of aromatic nitrogens is 2. The number of hydrogen-bond acceptors (Lipinski definition) is 4. The first-order valence-corrected chi connectivity index (χ1v) is 8.28. The van der Waals surface area contributed by atoms with Gasteiger partial charge in [-0.2, -0.15) is 5.10 Å². The summed E-state index contributed by atoms with van der Waals surface area (Å²) < 4.78 is 12.3. The second kappa shape index (κ2) is 8.75. The molecule has 6 nitrogen and oxygen atoms in total. The van der Waals surface area contributed by atoms with E-state index in [9.17, 15) is 0 Å². The molecule has 0 saturated carbocycles. The third-order valence-corrected chi connectivity index (χ3v) is 3.99. The summed E-state index contributed by atoms with van der Waals surface area (Å²) in [6.45, 7) is 3.40. The maximum Gasteiger partial charge on any atom is 0.170 e. The van der Waals surface area contributed by atoms with E-state index >= 15 is 0 Å². The Bertz CT molecular complexity index is 686. The summed E-state index contributed by atoms with van der Waals surface area (Å²) in [5, 5.41) is 11.8. The van der Waals surface area contributed by atoms with Crippen molar-refractivity contribution in [3.63, 3.8) is 0 Å². The molecule has 130 valence electrons. The fourth-order valence-electron chi connectivity index (χ4n) is 2.14. The number of ether oxygens (including phenoxy) is 2. The van der Waals surface area contributed by atoms with Crippen LogP contribution in [0.25, 0.3) is 0 Å². The Morgan fingerprint density at radius 1 is 1.29 bits per heavy atom. The molecule has 0 bridgehead atoms. The average Bonchev–Trinajstić information content (AvgIpc) is 2.89. The first-order valence-electron chi connectivity index (χ1n) is 7.50. The number of nitrogens with zero attached hydrogens (tertiary/aromatic N) is 2. The van der Waals surface area contributed by atoms with Gasteiger partial charge in [-0.3, -0.25) is 4.68 Å². The van der Waals surface area contributed by atoms with Crippen molar-refractivity contribution >= 4 is 34.6 Å². The first kappa shape index (κ1) is 18.4. The van der Waals surface area contributed by atoms with E-state index in [4.69, 9.17) is 33.3 Å². The topological polar surface area (TPSA) is 60.3 Å². The number of benzene rings is 1. The minimum absolute atomic E-state index is 0.553. The molecule has 1 aromatic heterocycles. The van der Waals surface area contributed by atoms with Crippen LogP contribution in [-0.2, 0) is 6.54 Å². The van der Waals surface area contributed by atoms with Crippen LogP contribution in [0.3, 0.4) is 0 Å². The highest BCUT2D eigenvalue weighted by Gasteiger charge is 2.06. The molecule has 0 atom stereocenters. The average molecular weight is 369 g/mol. The van der Waals surface area contributed by atoms with E-state index < -0.39 is 0 Å². The minimum atomic E-state index is 0.553. The zero-order valence-electron chi connectivity index (χ0n) is 13.9. The second-order valence-electron chi connectivity index (χ2n) is 5.13. The van der Waals surface area contributed by atoms with Crippen LogP contribution in [0.2, 0.25) is 5.02 Å². The summed E-state index contributed by atoms with van der Waals surface area (Å²) >= 11 is 11.3. The molecule has 0 saturated heterocycles. The molecule has 0 aliphatic heterocycles. The van der Waals surface area contributed by atoms with E-state index in [2.05, 4.69) is 15.7 Å². The highest BCUT2D eigenvalue weighted by Crippen LogP contribution is 2.29. The molecule has 0 aliphatic carbocycles. The van der Waals surface area contributed by atoms with Crippen molar-refractivity contribution in [3.05, 3.63) is 35.1 Å². The normalized spacial score (nSPS) is 10.3. The Morgan fingerprint density at radius 3 is 2.67 bits per heavy atom. The molecule has 0 aliphatic rings. The van der Waals surface area contributed by atoms with Crippen LogP contribution in [-0.4, -0.2) is 35.7 Å². The highest BCUT2D eigenvalue weighted by molar-refractivity contribution is 7.80. The van der Waals surface area contributed by atoms with Gasteiger partial charge in [0.25, 0.3) is 0 Å². The lowest BCUT2D eigenvalue weighted by Crippen LogP contribution is -2.29. The van der Waals surface area contributed by atoms with Crippen LogP contribution in [0.15, 0.2) is 24.4 Å². The molecule has 0 unspecified atom stereocenters. The zero-order valence-corrected chi connectivity index (χ0v) is 15.5. The molecule has 8 heteroatoms. The van der Waals surface area contributed by atoms with Crippen molar-refractivity contribution in [1.82, 2.24) is 15.1 Å². The highest BCUT2D eigenvalue weighted by atomic mass is 35.5. The summed E-state index contributed by atoms with van der Waals surface area (Å²) in [6.07, 6.45) is 2.71. The van der Waals surface area contributed by atoms with E-state index in [-0.39, 0.29) is 0 Å². The Kier molecular flexibility index (Phi) is 6.69. The Morgan fingerprint density at radius 2 is 2.04 bits per heavy atom. The van der Waals surface area contributed by atoms with Crippen LogP contribution in [0, 0.1) is 6.92 Å². The van der Waals surface area contributed by atoms with Gasteiger partial charge in [0, 0.05) is 31.0 Å². The molecule has 0 radical (unpaired) electrons. The zero-order chi connectivity index (χ0) is 17.5. The van der Waals surface area contributed by atoms with Crippen molar-refractivity contribution in [2.75, 3.05) is 26.1 Å². The van der Waals surface area contributed by atoms with Crippen LogP contribution in [0.5, 0.6) is 11.5 Å². The van der Waals surface area contributed by atoms with Crippen molar-refractivity contribution in [3.8, 4) is 11.5 Å². The van der Waals surface area contributed by atoms with E-state index in [1.54, 1.807) is 14.2 Å². The van der Waals surface area contributed by atoms with Crippen molar-refractivity contribution < 1.29 is 9.47 Å². The predicted molar refractivity (Wildman–Crippen MR) is 100 cm³/mol. The SMILES string of the molecule is COc1ccc(NC(=S)NCCCn2cc(Cl)c(C)n2)cc1OC. The molecule has 24 heavy (non-hydrogen) atoms. The lowest BCUT2D eigenvalue weighted by atomic mass is 10.3. The van der Waals surface area contributed by atoms with Gasteiger partial charge < -0.3 is 20.1 Å². The van der Waals surface area contributed by atoms with Crippen LogP contribution >= 0.6 is 23.8 Å². The van der Waals surface area contributed by atoms with Gasteiger partial charge >= 0.3 is 0 Å². The van der Waals surface area contributed by atoms with Gasteiger partial charge in [0.1, 0.15) is 0 Å². The third kappa shape index (κ3) is 5.01. The number of aryl methyl sites for hydroxylation is 2. The first-order chi connectivity index (χ1) is 11.5. The molecule has 0 fully saturated rings. The van der Waals surface area contributed by atoms with Gasteiger partial charge in [0.15, 0.2) is 16.6 Å². The quantitative estimate of drug-likeness (QED) is 0.578. The Hall–Kier alpha value is -1.99. The van der Waals surface area contributed by atoms with Crippen LogP contribution in [0.4, 0.5) is 5.69 Å². The molecular formula is C16H21ClN4O2S. The number of hydrogen-bond donors (Lipinski definition) is 2. The second-order valence-corrected chi connectivity index (χ2v) is 5.95. The fourth-order valence-corrected chi connectivity index (χ4v) is 2.51. The number of methoxy groups -OCH3 is 2. The molecule has 2 aromatic rings. The van der Waals surface area contributed by atoms with E-state index in [0.29, 0.717) is 21.6 Å². The van der Waals surface area contributed by atoms with Gasteiger partial charge in [-0.25, -0.2) is 0 Å². The molecule has 0 amide bonds. The standard InChI is InChI=1S/C16H21ClN4O2S/c1-11-13(17)10-21(20-11)8-4-7-18-16(24)19-12-5-6-14(22-2)15(9-12)23-3/h5-6,9-10H,4,7-8H2,1-3H3,(H2,18,19,24).